The van der Waals surface area contributed by atoms with Crippen molar-refractivity contribution < 1.29 is 0 Å². The van der Waals surface area contributed by atoms with Crippen LogP contribution in [-0.4, -0.2) is 22.5 Å². The second-order valence-corrected chi connectivity index (χ2v) is 6.89. The van der Waals surface area contributed by atoms with E-state index in [9.17, 15) is 0 Å². The predicted molar refractivity (Wildman–Crippen MR) is 83.8 cm³/mol. The minimum atomic E-state index is 0. The molecule has 3 rings (SSSR count). The monoisotopic (exact) mass is 301 g/mol. The molecule has 0 radical (unpaired) electrons. The number of aromatic nitrogens is 1. The number of nitrogen functional groups attached to an aromatic ring is 1. The van der Waals surface area contributed by atoms with E-state index in [2.05, 4.69) is 9.88 Å². The molecule has 0 aromatic carbocycles. The normalized spacial score (nSPS) is 25.4. The zero-order valence-electron chi connectivity index (χ0n) is 11.4. The van der Waals surface area contributed by atoms with Crippen molar-refractivity contribution >= 4 is 28.9 Å². The van der Waals surface area contributed by atoms with Crippen LogP contribution in [-0.2, 0) is 6.54 Å². The molecule has 1 saturated carbocycles. The highest BCUT2D eigenvalue weighted by Gasteiger charge is 2.32. The summed E-state index contributed by atoms with van der Waals surface area (Å²) in [6.07, 6.45) is 12.0. The van der Waals surface area contributed by atoms with Crippen LogP contribution in [0.5, 0.6) is 0 Å². The zero-order chi connectivity index (χ0) is 12.4. The van der Waals surface area contributed by atoms with Gasteiger partial charge in [-0.1, -0.05) is 19.3 Å². The summed E-state index contributed by atoms with van der Waals surface area (Å²) in [5, 5.41) is 0.707. The van der Waals surface area contributed by atoms with Crippen molar-refractivity contribution in [3.05, 3.63) is 11.1 Å². The Kier molecular flexibility index (Phi) is 5.48. The standard InChI is InChI=1S/C14H23N3S.ClH/c15-14-16-9-12(18-14)10-17-8-4-7-13(17)11-5-2-1-3-6-11;/h9,11,13H,1-8,10H2,(H2,15,16);1H. The second kappa shape index (κ2) is 6.91. The van der Waals surface area contributed by atoms with Crippen molar-refractivity contribution in [2.45, 2.75) is 57.5 Å². The topological polar surface area (TPSA) is 42.1 Å². The van der Waals surface area contributed by atoms with Gasteiger partial charge in [-0.15, -0.1) is 23.7 Å². The summed E-state index contributed by atoms with van der Waals surface area (Å²) < 4.78 is 0. The third kappa shape index (κ3) is 3.61. The van der Waals surface area contributed by atoms with Crippen LogP contribution in [0.15, 0.2) is 6.20 Å². The SMILES string of the molecule is Cl.Nc1ncc(CN2CCCC2C2CCCCC2)s1. The van der Waals surface area contributed by atoms with Gasteiger partial charge in [0.2, 0.25) is 0 Å². The van der Waals surface area contributed by atoms with E-state index < -0.39 is 0 Å². The van der Waals surface area contributed by atoms with Crippen molar-refractivity contribution in [2.24, 2.45) is 5.92 Å². The molecule has 1 saturated heterocycles. The molecular formula is C14H24ClN3S. The maximum absolute atomic E-state index is 5.72. The predicted octanol–water partition coefficient (Wildman–Crippen LogP) is 3.69. The van der Waals surface area contributed by atoms with Crippen molar-refractivity contribution in [3.63, 3.8) is 0 Å². The van der Waals surface area contributed by atoms with E-state index in [0.29, 0.717) is 5.13 Å². The van der Waals surface area contributed by atoms with Crippen molar-refractivity contribution in [3.8, 4) is 0 Å². The smallest absolute Gasteiger partial charge is 0.180 e. The lowest BCUT2D eigenvalue weighted by atomic mass is 9.83. The first-order chi connectivity index (χ1) is 8.83. The number of halogens is 1. The molecular weight excluding hydrogens is 278 g/mol. The Balaban J connectivity index is 0.00000133. The van der Waals surface area contributed by atoms with Crippen LogP contribution >= 0.6 is 23.7 Å². The van der Waals surface area contributed by atoms with E-state index >= 15 is 0 Å². The summed E-state index contributed by atoms with van der Waals surface area (Å²) in [7, 11) is 0. The summed E-state index contributed by atoms with van der Waals surface area (Å²) in [4.78, 5) is 8.18. The Morgan fingerprint density at radius 1 is 1.21 bits per heavy atom. The molecule has 3 nitrogen and oxygen atoms in total. The van der Waals surface area contributed by atoms with Gasteiger partial charge in [-0.3, -0.25) is 4.90 Å². The second-order valence-electron chi connectivity index (χ2n) is 5.74. The molecule has 1 aromatic rings. The Morgan fingerprint density at radius 2 is 2.00 bits per heavy atom. The molecule has 0 bridgehead atoms. The van der Waals surface area contributed by atoms with Crippen LogP contribution in [0.25, 0.3) is 0 Å². The van der Waals surface area contributed by atoms with E-state index in [4.69, 9.17) is 5.73 Å². The summed E-state index contributed by atoms with van der Waals surface area (Å²) in [6, 6.07) is 0.827. The minimum Gasteiger partial charge on any atom is -0.375 e. The van der Waals surface area contributed by atoms with Gasteiger partial charge in [0.15, 0.2) is 5.13 Å². The summed E-state index contributed by atoms with van der Waals surface area (Å²) in [6.45, 7) is 2.33. The van der Waals surface area contributed by atoms with Gasteiger partial charge in [-0.25, -0.2) is 4.98 Å². The average Bonchev–Trinajstić information content (AvgIpc) is 3.00. The maximum Gasteiger partial charge on any atom is 0.180 e. The van der Waals surface area contributed by atoms with Gasteiger partial charge in [-0.05, 0) is 38.1 Å². The molecule has 0 amide bonds. The van der Waals surface area contributed by atoms with Crippen LogP contribution in [0.1, 0.15) is 49.8 Å². The van der Waals surface area contributed by atoms with Gasteiger partial charge in [0.1, 0.15) is 0 Å². The molecule has 1 atom stereocenters. The fraction of sp³-hybridized carbons (Fsp3) is 0.786. The van der Waals surface area contributed by atoms with Crippen LogP contribution in [0.4, 0.5) is 5.13 Å². The molecule has 1 aliphatic heterocycles. The molecule has 2 fully saturated rings. The minimum absolute atomic E-state index is 0. The summed E-state index contributed by atoms with van der Waals surface area (Å²) >= 11 is 1.65. The number of likely N-dealkylation sites (tertiary alicyclic amines) is 1. The number of nitrogens with two attached hydrogens (primary N) is 1. The van der Waals surface area contributed by atoms with Gasteiger partial charge in [0.05, 0.1) is 0 Å². The molecule has 5 heteroatoms. The first-order valence-corrected chi connectivity index (χ1v) is 8.09. The Labute approximate surface area is 126 Å². The quantitative estimate of drug-likeness (QED) is 0.926. The van der Waals surface area contributed by atoms with Crippen molar-refractivity contribution in [1.29, 1.82) is 0 Å². The molecule has 1 aromatic heterocycles. The van der Waals surface area contributed by atoms with E-state index in [1.165, 1.54) is 56.4 Å². The lowest BCUT2D eigenvalue weighted by Gasteiger charge is -2.33. The fourth-order valence-corrected chi connectivity index (χ4v) is 4.41. The highest BCUT2D eigenvalue weighted by molar-refractivity contribution is 7.15. The molecule has 2 aliphatic rings. The fourth-order valence-electron chi connectivity index (χ4n) is 3.70. The van der Waals surface area contributed by atoms with E-state index in [0.717, 1.165) is 18.5 Å². The first-order valence-electron chi connectivity index (χ1n) is 7.27. The Bertz CT molecular complexity index is 390. The molecule has 2 N–H and O–H groups in total. The first kappa shape index (κ1) is 15.1. The van der Waals surface area contributed by atoms with E-state index in [1.54, 1.807) is 11.3 Å². The van der Waals surface area contributed by atoms with Gasteiger partial charge in [0.25, 0.3) is 0 Å². The highest BCUT2D eigenvalue weighted by Crippen LogP contribution is 2.35. The number of thiazole rings is 1. The number of nitrogens with zero attached hydrogens (tertiary/aromatic N) is 2. The lowest BCUT2D eigenvalue weighted by molar-refractivity contribution is 0.152. The average molecular weight is 302 g/mol. The van der Waals surface area contributed by atoms with Crippen LogP contribution in [0.3, 0.4) is 0 Å². The number of hydrogen-bond donors (Lipinski definition) is 1. The molecule has 2 heterocycles. The molecule has 0 spiro atoms. The van der Waals surface area contributed by atoms with Gasteiger partial charge in [-0.2, -0.15) is 0 Å². The maximum atomic E-state index is 5.72. The van der Waals surface area contributed by atoms with Gasteiger partial charge < -0.3 is 5.73 Å². The molecule has 19 heavy (non-hydrogen) atoms. The lowest BCUT2D eigenvalue weighted by Crippen LogP contribution is -2.35. The molecule has 1 unspecified atom stereocenters. The van der Waals surface area contributed by atoms with Crippen molar-refractivity contribution in [2.75, 3.05) is 12.3 Å². The highest BCUT2D eigenvalue weighted by atomic mass is 35.5. The van der Waals surface area contributed by atoms with Crippen LogP contribution < -0.4 is 5.73 Å². The van der Waals surface area contributed by atoms with Crippen LogP contribution in [0.2, 0.25) is 0 Å². The Morgan fingerprint density at radius 3 is 2.68 bits per heavy atom. The van der Waals surface area contributed by atoms with Crippen molar-refractivity contribution in [1.82, 2.24) is 9.88 Å². The largest absolute Gasteiger partial charge is 0.375 e. The van der Waals surface area contributed by atoms with Gasteiger partial charge in [0, 0.05) is 23.7 Å². The van der Waals surface area contributed by atoms with Gasteiger partial charge >= 0.3 is 0 Å². The summed E-state index contributed by atoms with van der Waals surface area (Å²) in [5.74, 6) is 0.950. The Hall–Kier alpha value is -0.320. The zero-order valence-corrected chi connectivity index (χ0v) is 13.0. The third-order valence-corrected chi connectivity index (χ3v) is 5.35. The molecule has 1 aliphatic carbocycles. The van der Waals surface area contributed by atoms with Crippen LogP contribution in [0, 0.1) is 5.92 Å². The number of anilines is 1. The summed E-state index contributed by atoms with van der Waals surface area (Å²) in [5.41, 5.74) is 5.72. The van der Waals surface area contributed by atoms with E-state index in [1.807, 2.05) is 6.20 Å². The third-order valence-electron chi connectivity index (χ3n) is 4.54. The number of hydrogen-bond acceptors (Lipinski definition) is 4. The molecule has 108 valence electrons. The number of rotatable bonds is 3. The van der Waals surface area contributed by atoms with E-state index in [-0.39, 0.29) is 12.4 Å².